The monoisotopic (exact) mass is 291 g/mol. The highest BCUT2D eigenvalue weighted by Crippen LogP contribution is 2.21. The topological polar surface area (TPSA) is 106 Å². The number of hydrogen-bond acceptors (Lipinski definition) is 5. The maximum Gasteiger partial charge on any atom is 0.341 e. The Morgan fingerprint density at radius 3 is 2.48 bits per heavy atom. The highest BCUT2D eigenvalue weighted by molar-refractivity contribution is 5.94. The zero-order valence-corrected chi connectivity index (χ0v) is 11.7. The van der Waals surface area contributed by atoms with Gasteiger partial charge >= 0.3 is 5.97 Å². The number of aromatic carboxylic acids is 1. The van der Waals surface area contributed by atoms with Crippen LogP contribution in [0.2, 0.25) is 0 Å². The van der Waals surface area contributed by atoms with Gasteiger partial charge in [-0.2, -0.15) is 0 Å². The van der Waals surface area contributed by atoms with E-state index in [1.807, 2.05) is 0 Å². The largest absolute Gasteiger partial charge is 0.477 e. The molecule has 1 aromatic heterocycles. The van der Waals surface area contributed by atoms with Gasteiger partial charge in [0.2, 0.25) is 5.43 Å². The number of carboxylic acid groups (broad SMARTS) is 1. The number of nitrogens with zero attached hydrogens (tertiary/aromatic N) is 3. The minimum absolute atomic E-state index is 0.000833. The molecule has 0 spiro atoms. The van der Waals surface area contributed by atoms with Crippen LogP contribution in [0.5, 0.6) is 0 Å². The van der Waals surface area contributed by atoms with E-state index in [1.165, 1.54) is 23.7 Å². The van der Waals surface area contributed by atoms with Gasteiger partial charge in [0.1, 0.15) is 5.56 Å². The molecule has 8 heteroatoms. The average Bonchev–Trinajstić information content (AvgIpc) is 2.37. The lowest BCUT2D eigenvalue weighted by molar-refractivity contribution is -0.384. The Labute approximate surface area is 119 Å². The summed E-state index contributed by atoms with van der Waals surface area (Å²) in [5.74, 6) is -1.36. The Bertz CT molecular complexity index is 823. The highest BCUT2D eigenvalue weighted by Gasteiger charge is 2.21. The molecule has 1 N–H and O–H groups in total. The van der Waals surface area contributed by atoms with E-state index < -0.39 is 21.9 Å². The normalized spacial score (nSPS) is 10.6. The van der Waals surface area contributed by atoms with Crippen molar-refractivity contribution in [3.05, 3.63) is 49.8 Å². The zero-order valence-electron chi connectivity index (χ0n) is 11.7. The molecular weight excluding hydrogens is 278 g/mol. The van der Waals surface area contributed by atoms with Crippen LogP contribution in [0.15, 0.2) is 23.0 Å². The fourth-order valence-corrected chi connectivity index (χ4v) is 2.36. The number of hydrogen-bond donors (Lipinski definition) is 1. The van der Waals surface area contributed by atoms with Gasteiger partial charge in [0, 0.05) is 26.2 Å². The second kappa shape index (κ2) is 4.89. The lowest BCUT2D eigenvalue weighted by Crippen LogP contribution is -2.32. The molecule has 0 amide bonds. The van der Waals surface area contributed by atoms with E-state index in [9.17, 15) is 24.8 Å². The predicted octanol–water partition coefficient (Wildman–Crippen LogP) is 1.11. The van der Waals surface area contributed by atoms with Crippen molar-refractivity contribution >= 4 is 22.6 Å². The third-order valence-corrected chi connectivity index (χ3v) is 3.18. The van der Waals surface area contributed by atoms with Gasteiger partial charge in [0.25, 0.3) is 5.69 Å². The van der Waals surface area contributed by atoms with Crippen LogP contribution in [0.4, 0.5) is 5.69 Å². The summed E-state index contributed by atoms with van der Waals surface area (Å²) in [4.78, 5) is 33.8. The summed E-state index contributed by atoms with van der Waals surface area (Å²) in [6.07, 6.45) is 0. The minimum Gasteiger partial charge on any atom is -0.477 e. The van der Waals surface area contributed by atoms with Crippen molar-refractivity contribution in [1.82, 2.24) is 4.68 Å². The van der Waals surface area contributed by atoms with Crippen LogP contribution in [0.1, 0.15) is 16.1 Å². The van der Waals surface area contributed by atoms with Crippen LogP contribution in [0.25, 0.3) is 10.9 Å². The smallest absolute Gasteiger partial charge is 0.341 e. The SMILES string of the molecule is Cc1c(C(=O)O)c(=O)c2cc([N+](=O)[O-])ccc2n1N(C)C. The molecule has 0 atom stereocenters. The number of nitro benzene ring substituents is 1. The molecule has 0 aliphatic heterocycles. The van der Waals surface area contributed by atoms with Gasteiger partial charge in [-0.3, -0.25) is 19.6 Å². The number of aromatic nitrogens is 1. The standard InChI is InChI=1S/C13H13N3O5/c1-7-11(13(18)19)12(17)9-6-8(16(20)21)4-5-10(9)15(7)14(2)3/h4-6H,1-3H3,(H,18,19). The molecule has 2 aromatic rings. The van der Waals surface area contributed by atoms with E-state index in [1.54, 1.807) is 19.1 Å². The maximum atomic E-state index is 12.3. The fraction of sp³-hybridized carbons (Fsp3) is 0.231. The molecular formula is C13H13N3O5. The van der Waals surface area contributed by atoms with Crippen LogP contribution >= 0.6 is 0 Å². The van der Waals surface area contributed by atoms with E-state index in [4.69, 9.17) is 0 Å². The van der Waals surface area contributed by atoms with E-state index >= 15 is 0 Å². The van der Waals surface area contributed by atoms with Gasteiger partial charge < -0.3 is 10.1 Å². The highest BCUT2D eigenvalue weighted by atomic mass is 16.6. The van der Waals surface area contributed by atoms with Crippen molar-refractivity contribution in [2.45, 2.75) is 6.92 Å². The van der Waals surface area contributed by atoms with E-state index in [2.05, 4.69) is 0 Å². The molecule has 0 aliphatic rings. The molecule has 0 saturated heterocycles. The first-order chi connectivity index (χ1) is 9.75. The molecule has 8 nitrogen and oxygen atoms in total. The van der Waals surface area contributed by atoms with Crippen molar-refractivity contribution in [2.24, 2.45) is 0 Å². The zero-order chi connectivity index (χ0) is 15.9. The third-order valence-electron chi connectivity index (χ3n) is 3.18. The Hall–Kier alpha value is -2.90. The lowest BCUT2D eigenvalue weighted by Gasteiger charge is -2.23. The number of pyridine rings is 1. The molecule has 0 fully saturated rings. The number of non-ortho nitro benzene ring substituents is 1. The van der Waals surface area contributed by atoms with Crippen molar-refractivity contribution in [3.63, 3.8) is 0 Å². The second-order valence-corrected chi connectivity index (χ2v) is 4.71. The Morgan fingerprint density at radius 2 is 2.00 bits per heavy atom. The van der Waals surface area contributed by atoms with Gasteiger partial charge in [0.05, 0.1) is 21.5 Å². The van der Waals surface area contributed by atoms with E-state index in [-0.39, 0.29) is 16.8 Å². The van der Waals surface area contributed by atoms with Crippen LogP contribution < -0.4 is 10.4 Å². The predicted molar refractivity (Wildman–Crippen MR) is 76.6 cm³/mol. The summed E-state index contributed by atoms with van der Waals surface area (Å²) in [5, 5.41) is 21.7. The van der Waals surface area contributed by atoms with Gasteiger partial charge in [-0.25, -0.2) is 4.79 Å². The van der Waals surface area contributed by atoms with Gasteiger partial charge in [-0.05, 0) is 13.0 Å². The van der Waals surface area contributed by atoms with Gasteiger partial charge in [-0.1, -0.05) is 0 Å². The average molecular weight is 291 g/mol. The van der Waals surface area contributed by atoms with Crippen molar-refractivity contribution < 1.29 is 14.8 Å². The molecule has 21 heavy (non-hydrogen) atoms. The molecule has 1 aromatic carbocycles. The molecule has 0 aliphatic carbocycles. The fourth-order valence-electron chi connectivity index (χ4n) is 2.36. The number of carboxylic acids is 1. The molecule has 0 unspecified atom stereocenters. The first kappa shape index (κ1) is 14.5. The Morgan fingerprint density at radius 1 is 1.38 bits per heavy atom. The summed E-state index contributed by atoms with van der Waals surface area (Å²) < 4.78 is 1.53. The number of carbonyl (C=O) groups is 1. The molecule has 1 heterocycles. The Balaban J connectivity index is 3.05. The van der Waals surface area contributed by atoms with Crippen LogP contribution in [-0.2, 0) is 0 Å². The summed E-state index contributed by atoms with van der Waals surface area (Å²) in [6, 6.07) is 3.82. The van der Waals surface area contributed by atoms with Crippen LogP contribution in [-0.4, -0.2) is 34.8 Å². The minimum atomic E-state index is -1.36. The van der Waals surface area contributed by atoms with Crippen molar-refractivity contribution in [3.8, 4) is 0 Å². The first-order valence-electron chi connectivity index (χ1n) is 6.00. The van der Waals surface area contributed by atoms with Gasteiger partial charge in [-0.15, -0.1) is 0 Å². The molecule has 0 bridgehead atoms. The molecule has 0 radical (unpaired) electrons. The number of benzene rings is 1. The number of nitro groups is 1. The first-order valence-corrected chi connectivity index (χ1v) is 6.00. The van der Waals surface area contributed by atoms with Crippen molar-refractivity contribution in [1.29, 1.82) is 0 Å². The van der Waals surface area contributed by atoms with Gasteiger partial charge in [0.15, 0.2) is 0 Å². The lowest BCUT2D eigenvalue weighted by atomic mass is 10.1. The van der Waals surface area contributed by atoms with E-state index in [0.29, 0.717) is 5.52 Å². The summed E-state index contributed by atoms with van der Waals surface area (Å²) in [5.41, 5.74) is -0.699. The number of rotatable bonds is 3. The van der Waals surface area contributed by atoms with Crippen molar-refractivity contribution in [2.75, 3.05) is 19.1 Å². The quantitative estimate of drug-likeness (QED) is 0.670. The number of fused-ring (bicyclic) bond motifs is 1. The van der Waals surface area contributed by atoms with E-state index in [0.717, 1.165) is 6.07 Å². The third kappa shape index (κ3) is 2.20. The van der Waals surface area contributed by atoms with Crippen LogP contribution in [0, 0.1) is 17.0 Å². The molecule has 2 rings (SSSR count). The second-order valence-electron chi connectivity index (χ2n) is 4.71. The molecule has 0 saturated carbocycles. The maximum absolute atomic E-state index is 12.3. The Kier molecular flexibility index (Phi) is 3.38. The summed E-state index contributed by atoms with van der Waals surface area (Å²) in [7, 11) is 3.37. The van der Waals surface area contributed by atoms with Crippen LogP contribution in [0.3, 0.4) is 0 Å². The summed E-state index contributed by atoms with van der Waals surface area (Å²) >= 11 is 0. The summed E-state index contributed by atoms with van der Waals surface area (Å²) in [6.45, 7) is 1.52. The molecule has 110 valence electrons.